The minimum absolute atomic E-state index is 0.136. The second kappa shape index (κ2) is 7.20. The molecule has 0 aliphatic carbocycles. The molecule has 21 heavy (non-hydrogen) atoms. The lowest BCUT2D eigenvalue weighted by Gasteiger charge is -2.27. The van der Waals surface area contributed by atoms with Crippen LogP contribution < -0.4 is 0 Å². The van der Waals surface area contributed by atoms with E-state index >= 15 is 0 Å². The molecule has 4 nitrogen and oxygen atoms in total. The fourth-order valence-electron chi connectivity index (χ4n) is 2.26. The van der Waals surface area contributed by atoms with E-state index < -0.39 is 9.04 Å². The molecular weight excluding hydrogens is 282 g/mol. The molecule has 1 radical (unpaired) electrons. The van der Waals surface area contributed by atoms with Crippen molar-refractivity contribution in [3.63, 3.8) is 0 Å². The van der Waals surface area contributed by atoms with E-state index in [4.69, 9.17) is 9.26 Å². The number of nitrogens with zero attached hydrogens (tertiary/aromatic N) is 1. The van der Waals surface area contributed by atoms with E-state index in [9.17, 15) is 4.79 Å². The molecule has 0 N–H and O–H groups in total. The SMILES string of the molecule is CON(C)C(=O)c1cccc(CO[Si](C)C)c1C(C)(C)C. The van der Waals surface area contributed by atoms with Gasteiger partial charge in [0.2, 0.25) is 9.04 Å². The monoisotopic (exact) mass is 308 g/mol. The standard InChI is InChI=1S/C16H26NO3Si/c1-16(2,3)14-12(11-20-21(6)7)9-8-10-13(14)15(18)17(4)19-5/h8-10H,11H2,1-7H3. The lowest BCUT2D eigenvalue weighted by Crippen LogP contribution is -2.29. The van der Waals surface area contributed by atoms with Crippen molar-refractivity contribution in [3.8, 4) is 0 Å². The summed E-state index contributed by atoms with van der Waals surface area (Å²) in [6, 6.07) is 5.79. The Morgan fingerprint density at radius 3 is 2.38 bits per heavy atom. The minimum atomic E-state index is -0.767. The number of hydroxylamine groups is 2. The lowest BCUT2D eigenvalue weighted by molar-refractivity contribution is -0.0758. The van der Waals surface area contributed by atoms with Crippen molar-refractivity contribution in [2.24, 2.45) is 0 Å². The molecule has 0 unspecified atom stereocenters. The maximum atomic E-state index is 12.5. The third-order valence-electron chi connectivity index (χ3n) is 3.21. The summed E-state index contributed by atoms with van der Waals surface area (Å²) in [4.78, 5) is 17.5. The predicted octanol–water partition coefficient (Wildman–Crippen LogP) is 3.39. The number of amides is 1. The fraction of sp³-hybridized carbons (Fsp3) is 0.562. The minimum Gasteiger partial charge on any atom is -0.413 e. The molecule has 1 amide bonds. The zero-order valence-electron chi connectivity index (χ0n) is 14.1. The lowest BCUT2D eigenvalue weighted by atomic mass is 9.80. The van der Waals surface area contributed by atoms with Gasteiger partial charge in [0.25, 0.3) is 5.91 Å². The van der Waals surface area contributed by atoms with Crippen LogP contribution in [0.25, 0.3) is 0 Å². The molecule has 0 aromatic heterocycles. The molecule has 0 heterocycles. The fourth-order valence-corrected chi connectivity index (χ4v) is 2.70. The van der Waals surface area contributed by atoms with Crippen LogP contribution in [0.5, 0.6) is 0 Å². The van der Waals surface area contributed by atoms with Crippen LogP contribution in [0.1, 0.15) is 42.3 Å². The number of rotatable bonds is 5. The smallest absolute Gasteiger partial charge is 0.277 e. The van der Waals surface area contributed by atoms with Gasteiger partial charge in [0.15, 0.2) is 0 Å². The van der Waals surface area contributed by atoms with Gasteiger partial charge in [-0.15, -0.1) is 0 Å². The van der Waals surface area contributed by atoms with E-state index in [-0.39, 0.29) is 11.3 Å². The van der Waals surface area contributed by atoms with Gasteiger partial charge in [0.1, 0.15) is 0 Å². The van der Waals surface area contributed by atoms with Crippen molar-refractivity contribution in [1.82, 2.24) is 5.06 Å². The topological polar surface area (TPSA) is 38.8 Å². The molecule has 0 atom stereocenters. The first-order valence-corrected chi connectivity index (χ1v) is 9.46. The zero-order chi connectivity index (χ0) is 16.2. The summed E-state index contributed by atoms with van der Waals surface area (Å²) in [5.74, 6) is -0.136. The molecular formula is C16H26NO3Si. The summed E-state index contributed by atoms with van der Waals surface area (Å²) in [5, 5.41) is 1.25. The van der Waals surface area contributed by atoms with E-state index in [1.165, 1.54) is 12.2 Å². The van der Waals surface area contributed by atoms with Crippen LogP contribution in [0, 0.1) is 0 Å². The van der Waals surface area contributed by atoms with Crippen molar-refractivity contribution in [2.45, 2.75) is 45.9 Å². The Hall–Kier alpha value is -1.17. The molecule has 0 bridgehead atoms. The summed E-state index contributed by atoms with van der Waals surface area (Å²) in [7, 11) is 2.35. The normalized spacial score (nSPS) is 11.8. The Bertz CT molecular complexity index is 495. The average Bonchev–Trinajstić information content (AvgIpc) is 2.41. The zero-order valence-corrected chi connectivity index (χ0v) is 15.1. The predicted molar refractivity (Wildman–Crippen MR) is 86.5 cm³/mol. The Kier molecular flexibility index (Phi) is 6.13. The van der Waals surface area contributed by atoms with Gasteiger partial charge >= 0.3 is 0 Å². The van der Waals surface area contributed by atoms with Crippen LogP contribution >= 0.6 is 0 Å². The molecule has 0 saturated heterocycles. The first-order chi connectivity index (χ1) is 9.68. The number of carbonyl (C=O) groups is 1. The first-order valence-electron chi connectivity index (χ1n) is 7.06. The van der Waals surface area contributed by atoms with Crippen molar-refractivity contribution >= 4 is 14.9 Å². The van der Waals surface area contributed by atoms with E-state index in [0.29, 0.717) is 12.2 Å². The molecule has 0 spiro atoms. The van der Waals surface area contributed by atoms with E-state index in [0.717, 1.165) is 11.1 Å². The molecule has 5 heteroatoms. The third-order valence-corrected chi connectivity index (χ3v) is 3.93. The number of hydrogen-bond acceptors (Lipinski definition) is 3. The van der Waals surface area contributed by atoms with Crippen molar-refractivity contribution in [2.75, 3.05) is 14.2 Å². The van der Waals surface area contributed by atoms with Crippen LogP contribution in [0.15, 0.2) is 18.2 Å². The van der Waals surface area contributed by atoms with Gasteiger partial charge in [-0.3, -0.25) is 9.63 Å². The highest BCUT2D eigenvalue weighted by molar-refractivity contribution is 6.48. The molecule has 1 aromatic carbocycles. The van der Waals surface area contributed by atoms with Gasteiger partial charge in [0, 0.05) is 12.6 Å². The maximum Gasteiger partial charge on any atom is 0.277 e. The van der Waals surface area contributed by atoms with Gasteiger partial charge in [0.05, 0.1) is 13.7 Å². The van der Waals surface area contributed by atoms with E-state index in [1.807, 2.05) is 18.2 Å². The van der Waals surface area contributed by atoms with Crippen LogP contribution in [0.3, 0.4) is 0 Å². The Morgan fingerprint density at radius 2 is 1.90 bits per heavy atom. The maximum absolute atomic E-state index is 12.5. The Labute approximate surface area is 129 Å². The summed E-state index contributed by atoms with van der Waals surface area (Å²) in [5.41, 5.74) is 2.63. The summed E-state index contributed by atoms with van der Waals surface area (Å²) < 4.78 is 5.83. The Balaban J connectivity index is 3.31. The van der Waals surface area contributed by atoms with E-state index in [1.54, 1.807) is 7.05 Å². The second-order valence-electron chi connectivity index (χ2n) is 6.27. The van der Waals surface area contributed by atoms with Crippen LogP contribution in [-0.4, -0.2) is 34.2 Å². The number of benzene rings is 1. The highest BCUT2D eigenvalue weighted by Gasteiger charge is 2.26. The van der Waals surface area contributed by atoms with Crippen molar-refractivity contribution < 1.29 is 14.1 Å². The van der Waals surface area contributed by atoms with Crippen LogP contribution in [0.4, 0.5) is 0 Å². The van der Waals surface area contributed by atoms with Gasteiger partial charge in [-0.25, -0.2) is 5.06 Å². The molecule has 1 aromatic rings. The third kappa shape index (κ3) is 4.66. The quantitative estimate of drug-likeness (QED) is 0.618. The average molecular weight is 308 g/mol. The van der Waals surface area contributed by atoms with Crippen molar-refractivity contribution in [1.29, 1.82) is 0 Å². The number of hydrogen-bond donors (Lipinski definition) is 0. The molecule has 0 aliphatic heterocycles. The highest BCUT2D eigenvalue weighted by atomic mass is 28.3. The van der Waals surface area contributed by atoms with E-state index in [2.05, 4.69) is 33.9 Å². The van der Waals surface area contributed by atoms with Crippen LogP contribution in [-0.2, 0) is 21.3 Å². The van der Waals surface area contributed by atoms with Crippen molar-refractivity contribution in [3.05, 3.63) is 34.9 Å². The second-order valence-corrected chi connectivity index (χ2v) is 8.38. The van der Waals surface area contributed by atoms with Gasteiger partial charge in [-0.2, -0.15) is 0 Å². The molecule has 0 aliphatic rings. The summed E-state index contributed by atoms with van der Waals surface area (Å²) >= 11 is 0. The molecule has 0 saturated carbocycles. The van der Waals surface area contributed by atoms with Gasteiger partial charge < -0.3 is 4.43 Å². The molecule has 1 rings (SSSR count). The van der Waals surface area contributed by atoms with Crippen LogP contribution in [0.2, 0.25) is 13.1 Å². The molecule has 0 fully saturated rings. The number of carbonyl (C=O) groups excluding carboxylic acids is 1. The summed E-state index contributed by atoms with van der Waals surface area (Å²) in [6.45, 7) is 11.1. The summed E-state index contributed by atoms with van der Waals surface area (Å²) in [6.07, 6.45) is 0. The largest absolute Gasteiger partial charge is 0.413 e. The van der Waals surface area contributed by atoms with Gasteiger partial charge in [-0.1, -0.05) is 32.9 Å². The molecule has 117 valence electrons. The first kappa shape index (κ1) is 17.9. The highest BCUT2D eigenvalue weighted by Crippen LogP contribution is 2.31. The Morgan fingerprint density at radius 1 is 1.29 bits per heavy atom. The van der Waals surface area contributed by atoms with Gasteiger partial charge in [-0.05, 0) is 35.7 Å².